The van der Waals surface area contributed by atoms with E-state index in [0.717, 1.165) is 0 Å². The molecule has 1 nitrogen and oxygen atoms in total. The van der Waals surface area contributed by atoms with Gasteiger partial charge in [0, 0.05) is 0 Å². The SMILES string of the molecule is C=C(C)C(O)F. The van der Waals surface area contributed by atoms with Gasteiger partial charge >= 0.3 is 0 Å². The lowest BCUT2D eigenvalue weighted by Crippen LogP contribution is -1.95. The molecule has 0 spiro atoms. The van der Waals surface area contributed by atoms with E-state index in [-0.39, 0.29) is 5.57 Å². The van der Waals surface area contributed by atoms with E-state index in [0.29, 0.717) is 0 Å². The van der Waals surface area contributed by atoms with Crippen molar-refractivity contribution in [3.05, 3.63) is 12.2 Å². The summed E-state index contributed by atoms with van der Waals surface area (Å²) in [5.41, 5.74) is 0.148. The molecular formula is C4H7FO. The first-order valence-corrected chi connectivity index (χ1v) is 1.62. The molecule has 36 valence electrons. The molecule has 0 radical (unpaired) electrons. The number of hydrogen-bond donors (Lipinski definition) is 1. The van der Waals surface area contributed by atoms with E-state index in [1.165, 1.54) is 6.92 Å². The lowest BCUT2D eigenvalue weighted by Gasteiger charge is -1.92. The molecule has 0 aliphatic rings. The average Bonchev–Trinajstić information content (AvgIpc) is 1.36. The second-order valence-electron chi connectivity index (χ2n) is 1.18. The number of halogens is 1. The minimum absolute atomic E-state index is 0.148. The van der Waals surface area contributed by atoms with E-state index in [9.17, 15) is 4.39 Å². The van der Waals surface area contributed by atoms with Crippen LogP contribution in [0.2, 0.25) is 0 Å². The highest BCUT2D eigenvalue weighted by Crippen LogP contribution is 1.95. The first-order valence-electron chi connectivity index (χ1n) is 1.62. The fourth-order valence-corrected chi connectivity index (χ4v) is 0. The Labute approximate surface area is 36.1 Å². The van der Waals surface area contributed by atoms with Crippen molar-refractivity contribution in [2.24, 2.45) is 0 Å². The standard InChI is InChI=1S/C4H7FO/c1-3(2)4(5)6/h4,6H,1H2,2H3. The first-order chi connectivity index (χ1) is 2.64. The van der Waals surface area contributed by atoms with Gasteiger partial charge in [-0.3, -0.25) is 0 Å². The van der Waals surface area contributed by atoms with Gasteiger partial charge in [-0.15, -0.1) is 0 Å². The molecule has 0 rings (SSSR count). The quantitative estimate of drug-likeness (QED) is 0.473. The highest BCUT2D eigenvalue weighted by atomic mass is 19.1. The van der Waals surface area contributed by atoms with Gasteiger partial charge in [0.1, 0.15) is 0 Å². The van der Waals surface area contributed by atoms with Crippen LogP contribution >= 0.6 is 0 Å². The normalized spacial score (nSPS) is 13.8. The number of alkyl halides is 1. The second-order valence-corrected chi connectivity index (χ2v) is 1.18. The van der Waals surface area contributed by atoms with E-state index in [2.05, 4.69) is 6.58 Å². The second kappa shape index (κ2) is 1.92. The van der Waals surface area contributed by atoms with Gasteiger partial charge in [-0.2, -0.15) is 0 Å². The minimum Gasteiger partial charge on any atom is -0.361 e. The summed E-state index contributed by atoms with van der Waals surface area (Å²) >= 11 is 0. The van der Waals surface area contributed by atoms with Crippen LogP contribution in [0.5, 0.6) is 0 Å². The van der Waals surface area contributed by atoms with Gasteiger partial charge in [-0.1, -0.05) is 6.58 Å². The van der Waals surface area contributed by atoms with E-state index in [1.807, 2.05) is 0 Å². The molecule has 0 amide bonds. The summed E-state index contributed by atoms with van der Waals surface area (Å²) in [6.45, 7) is 4.55. The molecule has 1 unspecified atom stereocenters. The van der Waals surface area contributed by atoms with Crippen molar-refractivity contribution in [1.29, 1.82) is 0 Å². The van der Waals surface area contributed by atoms with Gasteiger partial charge in [0.25, 0.3) is 0 Å². The van der Waals surface area contributed by atoms with Crippen LogP contribution in [0, 0.1) is 0 Å². The molecule has 2 heteroatoms. The van der Waals surface area contributed by atoms with Crippen molar-refractivity contribution < 1.29 is 9.50 Å². The molecule has 0 heterocycles. The van der Waals surface area contributed by atoms with Crippen LogP contribution in [0.15, 0.2) is 12.2 Å². The third kappa shape index (κ3) is 1.91. The van der Waals surface area contributed by atoms with Crippen molar-refractivity contribution >= 4 is 0 Å². The van der Waals surface area contributed by atoms with Gasteiger partial charge in [0.2, 0.25) is 6.36 Å². The summed E-state index contributed by atoms with van der Waals surface area (Å²) in [6, 6.07) is 0. The summed E-state index contributed by atoms with van der Waals surface area (Å²) in [4.78, 5) is 0. The highest BCUT2D eigenvalue weighted by Gasteiger charge is 1.94. The van der Waals surface area contributed by atoms with Crippen LogP contribution in [0.3, 0.4) is 0 Å². The summed E-state index contributed by atoms with van der Waals surface area (Å²) < 4.78 is 11.3. The van der Waals surface area contributed by atoms with Crippen molar-refractivity contribution in [2.75, 3.05) is 0 Å². The van der Waals surface area contributed by atoms with Gasteiger partial charge in [0.15, 0.2) is 0 Å². The summed E-state index contributed by atoms with van der Waals surface area (Å²) in [5, 5.41) is 7.86. The van der Waals surface area contributed by atoms with E-state index in [4.69, 9.17) is 5.11 Å². The van der Waals surface area contributed by atoms with Crippen LogP contribution in [0.1, 0.15) is 6.92 Å². The fourth-order valence-electron chi connectivity index (χ4n) is 0. The maximum atomic E-state index is 11.3. The molecule has 1 atom stereocenters. The molecule has 0 bridgehead atoms. The number of rotatable bonds is 1. The van der Waals surface area contributed by atoms with Crippen molar-refractivity contribution in [3.8, 4) is 0 Å². The van der Waals surface area contributed by atoms with Gasteiger partial charge in [-0.05, 0) is 12.5 Å². The van der Waals surface area contributed by atoms with Gasteiger partial charge in [-0.25, -0.2) is 4.39 Å². The Bertz CT molecular complexity index is 58.6. The Hall–Kier alpha value is -0.370. The summed E-state index contributed by atoms with van der Waals surface area (Å²) in [7, 11) is 0. The van der Waals surface area contributed by atoms with Crippen LogP contribution in [-0.4, -0.2) is 11.5 Å². The maximum Gasteiger partial charge on any atom is 0.218 e. The number of aliphatic hydroxyl groups is 1. The molecule has 0 aromatic heterocycles. The van der Waals surface area contributed by atoms with E-state index >= 15 is 0 Å². The van der Waals surface area contributed by atoms with Crippen LogP contribution in [-0.2, 0) is 0 Å². The van der Waals surface area contributed by atoms with E-state index < -0.39 is 6.36 Å². The van der Waals surface area contributed by atoms with Crippen molar-refractivity contribution in [3.63, 3.8) is 0 Å². The zero-order chi connectivity index (χ0) is 5.15. The van der Waals surface area contributed by atoms with E-state index in [1.54, 1.807) is 0 Å². The number of hydrogen-bond acceptors (Lipinski definition) is 1. The zero-order valence-corrected chi connectivity index (χ0v) is 3.61. The zero-order valence-electron chi connectivity index (χ0n) is 3.61. The molecule has 0 aliphatic heterocycles. The molecule has 0 fully saturated rings. The largest absolute Gasteiger partial charge is 0.361 e. The van der Waals surface area contributed by atoms with Crippen LogP contribution < -0.4 is 0 Å². The predicted octanol–water partition coefficient (Wildman–Crippen LogP) is 0.850. The summed E-state index contributed by atoms with van der Waals surface area (Å²) in [5.74, 6) is 0. The Morgan fingerprint density at radius 1 is 2.00 bits per heavy atom. The highest BCUT2D eigenvalue weighted by molar-refractivity contribution is 4.90. The van der Waals surface area contributed by atoms with Crippen LogP contribution in [0.25, 0.3) is 0 Å². The predicted molar refractivity (Wildman–Crippen MR) is 21.9 cm³/mol. The molecule has 6 heavy (non-hydrogen) atoms. The molecular weight excluding hydrogens is 83.0 g/mol. The molecule has 0 saturated heterocycles. The fraction of sp³-hybridized carbons (Fsp3) is 0.500. The smallest absolute Gasteiger partial charge is 0.218 e. The Morgan fingerprint density at radius 3 is 2.17 bits per heavy atom. The molecule has 0 aromatic rings. The Balaban J connectivity index is 3.26. The summed E-state index contributed by atoms with van der Waals surface area (Å²) in [6.07, 6.45) is -1.84. The molecule has 1 N–H and O–H groups in total. The van der Waals surface area contributed by atoms with Crippen molar-refractivity contribution in [2.45, 2.75) is 13.3 Å². The Morgan fingerprint density at radius 2 is 2.17 bits per heavy atom. The Kier molecular flexibility index (Phi) is 1.81. The lowest BCUT2D eigenvalue weighted by atomic mass is 10.4. The molecule has 0 aromatic carbocycles. The average molecular weight is 90.1 g/mol. The van der Waals surface area contributed by atoms with Crippen LogP contribution in [0.4, 0.5) is 4.39 Å². The molecule has 0 aliphatic carbocycles. The lowest BCUT2D eigenvalue weighted by molar-refractivity contribution is 0.0773. The van der Waals surface area contributed by atoms with Crippen molar-refractivity contribution in [1.82, 2.24) is 0 Å². The molecule has 0 saturated carbocycles. The minimum atomic E-state index is -1.84. The third-order valence-electron chi connectivity index (χ3n) is 0.407. The topological polar surface area (TPSA) is 20.2 Å². The monoisotopic (exact) mass is 90.0 g/mol. The maximum absolute atomic E-state index is 11.3. The number of aliphatic hydroxyl groups excluding tert-OH is 1. The first kappa shape index (κ1) is 5.63. The van der Waals surface area contributed by atoms with Gasteiger partial charge < -0.3 is 5.11 Å². The van der Waals surface area contributed by atoms with Gasteiger partial charge in [0.05, 0.1) is 0 Å². The third-order valence-corrected chi connectivity index (χ3v) is 0.407.